The van der Waals surface area contributed by atoms with Gasteiger partial charge in [0.25, 0.3) is 0 Å². The van der Waals surface area contributed by atoms with Gasteiger partial charge >= 0.3 is 0 Å². The maximum atomic E-state index is 8.73. The van der Waals surface area contributed by atoms with E-state index in [1.807, 2.05) is 0 Å². The summed E-state index contributed by atoms with van der Waals surface area (Å²) in [7, 11) is 0. The second-order valence-electron chi connectivity index (χ2n) is 4.23. The predicted octanol–water partition coefficient (Wildman–Crippen LogP) is -0.343. The topological polar surface area (TPSA) is 91.1 Å². The minimum absolute atomic E-state index is 0.189. The average molecular weight is 225 g/mol. The fourth-order valence-corrected chi connectivity index (χ4v) is 1.88. The Morgan fingerprint density at radius 2 is 2.19 bits per heavy atom. The maximum Gasteiger partial charge on any atom is 0.244 e. The van der Waals surface area contributed by atoms with Crippen LogP contribution >= 0.6 is 0 Å². The molecule has 4 N–H and O–H groups in total. The number of aliphatic hydroxyl groups is 1. The Bertz CT molecular complexity index is 319. The zero-order chi connectivity index (χ0) is 11.4. The quantitative estimate of drug-likeness (QED) is 0.652. The SMILES string of the molecule is NC1CCN(c2n[nH]c(CCCO)n2)CC1. The van der Waals surface area contributed by atoms with Crippen LogP contribution in [0, 0.1) is 0 Å². The molecule has 16 heavy (non-hydrogen) atoms. The van der Waals surface area contributed by atoms with Crippen molar-refractivity contribution in [2.75, 3.05) is 24.6 Å². The van der Waals surface area contributed by atoms with Crippen molar-refractivity contribution in [3.8, 4) is 0 Å². The molecule has 0 amide bonds. The van der Waals surface area contributed by atoms with Gasteiger partial charge in [0, 0.05) is 32.2 Å². The first kappa shape index (κ1) is 11.3. The van der Waals surface area contributed by atoms with Crippen molar-refractivity contribution in [1.82, 2.24) is 15.2 Å². The number of anilines is 1. The van der Waals surface area contributed by atoms with Crippen molar-refractivity contribution in [2.45, 2.75) is 31.7 Å². The molecule has 1 aliphatic rings. The number of nitrogens with one attached hydrogen (secondary N) is 1. The minimum atomic E-state index is 0.189. The van der Waals surface area contributed by atoms with Gasteiger partial charge < -0.3 is 15.7 Å². The van der Waals surface area contributed by atoms with E-state index in [-0.39, 0.29) is 6.61 Å². The van der Waals surface area contributed by atoms with Gasteiger partial charge in [-0.2, -0.15) is 4.98 Å². The highest BCUT2D eigenvalue weighted by atomic mass is 16.2. The minimum Gasteiger partial charge on any atom is -0.396 e. The number of nitrogens with two attached hydrogens (primary N) is 1. The molecule has 0 radical (unpaired) electrons. The van der Waals surface area contributed by atoms with E-state index in [9.17, 15) is 0 Å². The van der Waals surface area contributed by atoms with E-state index in [1.165, 1.54) is 0 Å². The van der Waals surface area contributed by atoms with Crippen LogP contribution in [-0.2, 0) is 6.42 Å². The van der Waals surface area contributed by atoms with Crippen LogP contribution in [0.15, 0.2) is 0 Å². The highest BCUT2D eigenvalue weighted by molar-refractivity contribution is 5.29. The van der Waals surface area contributed by atoms with Gasteiger partial charge in [0.15, 0.2) is 0 Å². The largest absolute Gasteiger partial charge is 0.396 e. The van der Waals surface area contributed by atoms with E-state index >= 15 is 0 Å². The first-order valence-electron chi connectivity index (χ1n) is 5.82. The fraction of sp³-hybridized carbons (Fsp3) is 0.800. The average Bonchev–Trinajstić information content (AvgIpc) is 2.76. The molecule has 1 aromatic rings. The summed E-state index contributed by atoms with van der Waals surface area (Å²) in [6, 6.07) is 0.323. The number of hydrogen-bond donors (Lipinski definition) is 3. The first-order chi connectivity index (χ1) is 7.79. The molecule has 6 nitrogen and oxygen atoms in total. The molecule has 90 valence electrons. The number of aromatic nitrogens is 3. The lowest BCUT2D eigenvalue weighted by atomic mass is 10.1. The predicted molar refractivity (Wildman–Crippen MR) is 61.2 cm³/mol. The smallest absolute Gasteiger partial charge is 0.244 e. The molecule has 0 bridgehead atoms. The second kappa shape index (κ2) is 5.27. The molecule has 1 aromatic heterocycles. The molecule has 0 aromatic carbocycles. The van der Waals surface area contributed by atoms with Gasteiger partial charge in [-0.3, -0.25) is 5.10 Å². The van der Waals surface area contributed by atoms with Crippen molar-refractivity contribution in [1.29, 1.82) is 0 Å². The summed E-state index contributed by atoms with van der Waals surface area (Å²) in [5.41, 5.74) is 5.84. The normalized spacial score (nSPS) is 18.0. The molecule has 0 aliphatic carbocycles. The number of nitrogens with zero attached hydrogens (tertiary/aromatic N) is 3. The molecule has 1 fully saturated rings. The van der Waals surface area contributed by atoms with Crippen LogP contribution in [0.2, 0.25) is 0 Å². The molecular formula is C10H19N5O. The Labute approximate surface area is 94.9 Å². The van der Waals surface area contributed by atoms with E-state index in [1.54, 1.807) is 0 Å². The lowest BCUT2D eigenvalue weighted by molar-refractivity contribution is 0.287. The van der Waals surface area contributed by atoms with Crippen molar-refractivity contribution in [3.63, 3.8) is 0 Å². The molecule has 2 rings (SSSR count). The molecular weight excluding hydrogens is 206 g/mol. The lowest BCUT2D eigenvalue weighted by Gasteiger charge is -2.28. The van der Waals surface area contributed by atoms with Crippen LogP contribution < -0.4 is 10.6 Å². The molecule has 0 atom stereocenters. The number of piperidine rings is 1. The van der Waals surface area contributed by atoms with E-state index in [0.29, 0.717) is 6.04 Å². The van der Waals surface area contributed by atoms with Gasteiger partial charge in [0.1, 0.15) is 5.82 Å². The fourth-order valence-electron chi connectivity index (χ4n) is 1.88. The van der Waals surface area contributed by atoms with E-state index in [0.717, 1.165) is 50.5 Å². The van der Waals surface area contributed by atoms with Crippen LogP contribution in [0.3, 0.4) is 0 Å². The third kappa shape index (κ3) is 2.70. The van der Waals surface area contributed by atoms with Gasteiger partial charge in [-0.1, -0.05) is 0 Å². The van der Waals surface area contributed by atoms with E-state index < -0.39 is 0 Å². The number of aryl methyl sites for hydroxylation is 1. The summed E-state index contributed by atoms with van der Waals surface area (Å²) in [4.78, 5) is 6.56. The first-order valence-corrected chi connectivity index (χ1v) is 5.82. The molecule has 0 saturated carbocycles. The van der Waals surface area contributed by atoms with E-state index in [2.05, 4.69) is 20.1 Å². The van der Waals surface area contributed by atoms with Gasteiger partial charge in [0.2, 0.25) is 5.95 Å². The third-order valence-electron chi connectivity index (χ3n) is 2.91. The number of rotatable bonds is 4. The van der Waals surface area contributed by atoms with Gasteiger partial charge in [-0.15, -0.1) is 5.10 Å². The highest BCUT2D eigenvalue weighted by Crippen LogP contribution is 2.14. The maximum absolute atomic E-state index is 8.73. The van der Waals surface area contributed by atoms with Gasteiger partial charge in [-0.05, 0) is 19.3 Å². The van der Waals surface area contributed by atoms with E-state index in [4.69, 9.17) is 10.8 Å². The molecule has 6 heteroatoms. The van der Waals surface area contributed by atoms with Crippen LogP contribution in [0.4, 0.5) is 5.95 Å². The molecule has 0 unspecified atom stereocenters. The van der Waals surface area contributed by atoms with Gasteiger partial charge in [0.05, 0.1) is 0 Å². The Kier molecular flexibility index (Phi) is 3.74. The number of aromatic amines is 1. The molecule has 2 heterocycles. The zero-order valence-corrected chi connectivity index (χ0v) is 9.39. The summed E-state index contributed by atoms with van der Waals surface area (Å²) in [6.45, 7) is 2.05. The van der Waals surface area contributed by atoms with Crippen LogP contribution in [-0.4, -0.2) is 46.0 Å². The van der Waals surface area contributed by atoms with Crippen molar-refractivity contribution in [2.24, 2.45) is 5.73 Å². The molecule has 0 spiro atoms. The Morgan fingerprint density at radius 1 is 1.44 bits per heavy atom. The second-order valence-corrected chi connectivity index (χ2v) is 4.23. The van der Waals surface area contributed by atoms with Crippen molar-refractivity contribution >= 4 is 5.95 Å². The number of aliphatic hydroxyl groups excluding tert-OH is 1. The zero-order valence-electron chi connectivity index (χ0n) is 9.39. The highest BCUT2D eigenvalue weighted by Gasteiger charge is 2.19. The summed E-state index contributed by atoms with van der Waals surface area (Å²) >= 11 is 0. The Hall–Kier alpha value is -1.14. The Balaban J connectivity index is 1.91. The lowest BCUT2D eigenvalue weighted by Crippen LogP contribution is -2.40. The molecule has 1 saturated heterocycles. The summed E-state index contributed by atoms with van der Waals surface area (Å²) in [5, 5.41) is 15.8. The molecule has 1 aliphatic heterocycles. The Morgan fingerprint density at radius 3 is 2.88 bits per heavy atom. The van der Waals surface area contributed by atoms with Crippen molar-refractivity contribution < 1.29 is 5.11 Å². The van der Waals surface area contributed by atoms with Crippen LogP contribution in [0.5, 0.6) is 0 Å². The van der Waals surface area contributed by atoms with Gasteiger partial charge in [-0.25, -0.2) is 0 Å². The summed E-state index contributed by atoms with van der Waals surface area (Å²) in [6.07, 6.45) is 3.47. The van der Waals surface area contributed by atoms with Crippen molar-refractivity contribution in [3.05, 3.63) is 5.82 Å². The monoisotopic (exact) mass is 225 g/mol. The van der Waals surface area contributed by atoms with Crippen LogP contribution in [0.1, 0.15) is 25.1 Å². The standard InChI is InChI=1S/C10H19N5O/c11-8-3-5-15(6-4-8)10-12-9(13-14-10)2-1-7-16/h8,16H,1-7,11H2,(H,12,13,14). The third-order valence-corrected chi connectivity index (χ3v) is 2.91. The summed E-state index contributed by atoms with van der Waals surface area (Å²) < 4.78 is 0. The van der Waals surface area contributed by atoms with Crippen LogP contribution in [0.25, 0.3) is 0 Å². The number of H-pyrrole nitrogens is 1. The number of hydrogen-bond acceptors (Lipinski definition) is 5. The summed E-state index contributed by atoms with van der Waals surface area (Å²) in [5.74, 6) is 1.61.